The van der Waals surface area contributed by atoms with Crippen LogP contribution in [0.4, 0.5) is 0 Å². The summed E-state index contributed by atoms with van der Waals surface area (Å²) in [5.74, 6) is -2.16. The Morgan fingerprint density at radius 2 is 2.83 bits per heavy atom. The second kappa shape index (κ2) is 1.07. The molecule has 1 nitrogen and oxygen atoms in total. The van der Waals surface area contributed by atoms with E-state index in [2.05, 4.69) is 0 Å². The fourth-order valence-corrected chi connectivity index (χ4v) is 0.290. The Labute approximate surface area is 43.0 Å². The quantitative estimate of drug-likeness (QED) is 0.467. The molecular weight excluding hydrogens is 76.1 g/mol. The molecule has 1 rings (SSSR count). The van der Waals surface area contributed by atoms with Crippen molar-refractivity contribution in [2.24, 2.45) is 5.89 Å². The molecule has 0 radical (unpaired) electrons. The molecule has 0 unspecified atom stereocenters. The molecule has 34 valence electrons. The van der Waals surface area contributed by atoms with Crippen LogP contribution in [-0.4, -0.2) is 5.78 Å². The molecule has 0 N–H and O–H groups in total. The third-order valence-electron chi connectivity index (χ3n) is 0.821. The maximum absolute atomic E-state index is 10.8. The highest BCUT2D eigenvalue weighted by Crippen LogP contribution is 2.29. The van der Waals surface area contributed by atoms with Gasteiger partial charge >= 0.3 is 0 Å². The summed E-state index contributed by atoms with van der Waals surface area (Å²) in [5.41, 5.74) is 0. The van der Waals surface area contributed by atoms with Crippen LogP contribution in [0.1, 0.15) is 25.2 Å². The Morgan fingerprint density at radius 1 is 2.17 bits per heavy atom. The van der Waals surface area contributed by atoms with Gasteiger partial charge in [0, 0.05) is 11.4 Å². The second-order valence-corrected chi connectivity index (χ2v) is 1.43. The normalized spacial score (nSPS) is 38.0. The van der Waals surface area contributed by atoms with Crippen LogP contribution in [0.15, 0.2) is 0 Å². The molecule has 0 amide bonds. The van der Waals surface area contributed by atoms with Gasteiger partial charge in [-0.1, -0.05) is 0 Å². The molecule has 0 bridgehead atoms. The molecule has 1 aliphatic rings. The first-order valence-electron chi connectivity index (χ1n) is 3.91. The Kier molecular flexibility index (Phi) is 0.236. The molecule has 0 spiro atoms. The number of carbonyl (C=O) groups is 1. The molecule has 6 heavy (non-hydrogen) atoms. The fourth-order valence-electron chi connectivity index (χ4n) is 0.290. The summed E-state index contributed by atoms with van der Waals surface area (Å²) in [6.45, 7) is -2.57. The third-order valence-corrected chi connectivity index (χ3v) is 0.821. The molecular formula is C5H8O. The van der Waals surface area contributed by atoms with Gasteiger partial charge in [-0.25, -0.2) is 0 Å². The van der Waals surface area contributed by atoms with Crippen LogP contribution in [0.5, 0.6) is 0 Å². The van der Waals surface area contributed by atoms with Crippen molar-refractivity contribution in [1.29, 1.82) is 0 Å². The molecule has 1 aliphatic carbocycles. The van der Waals surface area contributed by atoms with Gasteiger partial charge in [-0.3, -0.25) is 4.79 Å². The van der Waals surface area contributed by atoms with Crippen molar-refractivity contribution < 1.29 is 10.3 Å². The van der Waals surface area contributed by atoms with Crippen LogP contribution >= 0.6 is 0 Å². The Hall–Kier alpha value is -0.330. The summed E-state index contributed by atoms with van der Waals surface area (Å²) >= 11 is 0. The first-order chi connectivity index (χ1) is 4.36. The monoisotopic (exact) mass is 88.1 g/mol. The number of ketones is 1. The molecule has 0 aliphatic heterocycles. The lowest BCUT2D eigenvalue weighted by Crippen LogP contribution is -1.88. The Bertz CT molecular complexity index is 160. The summed E-state index contributed by atoms with van der Waals surface area (Å²) in [6, 6.07) is 0. The van der Waals surface area contributed by atoms with Gasteiger partial charge in [0.2, 0.25) is 0 Å². The minimum Gasteiger partial charge on any atom is -0.300 e. The highest BCUT2D eigenvalue weighted by atomic mass is 16.1. The van der Waals surface area contributed by atoms with Crippen molar-refractivity contribution >= 4 is 5.78 Å². The first-order valence-corrected chi connectivity index (χ1v) is 1.91. The van der Waals surface area contributed by atoms with E-state index in [1.807, 2.05) is 0 Å². The van der Waals surface area contributed by atoms with Gasteiger partial charge in [0.1, 0.15) is 5.78 Å². The van der Waals surface area contributed by atoms with Gasteiger partial charge in [-0.05, 0) is 19.7 Å². The van der Waals surface area contributed by atoms with E-state index in [4.69, 9.17) is 5.48 Å². The Balaban J connectivity index is 2.67. The summed E-state index contributed by atoms with van der Waals surface area (Å²) < 4.78 is 27.3. The number of hydrogen-bond acceptors (Lipinski definition) is 1. The number of Topliss-reactive ketones (excluding diaryl/α,β-unsaturated/α-hetero) is 1. The summed E-state index contributed by atoms with van der Waals surface area (Å²) in [6.07, 6.45) is 0.814. The number of carbonyl (C=O) groups excluding carboxylic acids is 1. The molecule has 1 heteroatoms. The molecule has 0 aromatic carbocycles. The maximum Gasteiger partial charge on any atom is 0.132 e. The third kappa shape index (κ3) is 0.588. The lowest BCUT2D eigenvalue weighted by Gasteiger charge is -1.75. The predicted molar refractivity (Wildman–Crippen MR) is 23.4 cm³/mol. The van der Waals surface area contributed by atoms with Crippen LogP contribution in [0.3, 0.4) is 0 Å². The van der Waals surface area contributed by atoms with E-state index in [0.717, 1.165) is 0 Å². The summed E-state index contributed by atoms with van der Waals surface area (Å²) in [4.78, 5) is 10.8. The summed E-state index contributed by atoms with van der Waals surface area (Å²) in [7, 11) is 0. The molecule has 1 saturated carbocycles. The van der Waals surface area contributed by atoms with E-state index >= 15 is 0 Å². The van der Waals surface area contributed by atoms with Crippen molar-refractivity contribution in [3.8, 4) is 0 Å². The van der Waals surface area contributed by atoms with Gasteiger partial charge in [-0.15, -0.1) is 0 Å². The molecule has 0 heterocycles. The SMILES string of the molecule is [2H]C([2H])([2H])C(=O)C1([2H])CC1. The zero-order valence-electron chi connectivity index (χ0n) is 7.32. The van der Waals surface area contributed by atoms with Crippen molar-refractivity contribution in [1.82, 2.24) is 0 Å². The topological polar surface area (TPSA) is 17.1 Å². The van der Waals surface area contributed by atoms with Crippen LogP contribution < -0.4 is 0 Å². The van der Waals surface area contributed by atoms with E-state index < -0.39 is 18.5 Å². The largest absolute Gasteiger partial charge is 0.300 e. The van der Waals surface area contributed by atoms with Crippen LogP contribution in [-0.2, 0) is 4.79 Å². The standard InChI is InChI=1S/C5H8O/c1-4(6)5-2-3-5/h5H,2-3H2,1H3/i1D3,5D. The average Bonchev–Trinajstić information content (AvgIpc) is 2.45. The molecule has 0 aromatic heterocycles. The first kappa shape index (κ1) is 1.32. The predicted octanol–water partition coefficient (Wildman–Crippen LogP) is 0.985. The zero-order valence-corrected chi connectivity index (χ0v) is 3.32. The zero-order chi connectivity index (χ0) is 7.99. The van der Waals surface area contributed by atoms with Crippen molar-refractivity contribution in [3.05, 3.63) is 0 Å². The number of hydrogen-bond donors (Lipinski definition) is 0. The van der Waals surface area contributed by atoms with E-state index in [9.17, 15) is 4.79 Å². The highest BCUT2D eigenvalue weighted by Gasteiger charge is 2.25. The van der Waals surface area contributed by atoms with E-state index in [1.54, 1.807) is 0 Å². The van der Waals surface area contributed by atoms with E-state index in [-0.39, 0.29) is 0 Å². The second-order valence-electron chi connectivity index (χ2n) is 1.43. The molecule has 0 aromatic rings. The van der Waals surface area contributed by atoms with Crippen molar-refractivity contribution in [2.45, 2.75) is 19.7 Å². The molecule has 0 saturated heterocycles. The average molecular weight is 88.1 g/mol. The Morgan fingerprint density at radius 3 is 3.00 bits per heavy atom. The van der Waals surface area contributed by atoms with Gasteiger partial charge < -0.3 is 0 Å². The van der Waals surface area contributed by atoms with Gasteiger partial charge in [0.25, 0.3) is 0 Å². The van der Waals surface area contributed by atoms with Crippen LogP contribution in [0.25, 0.3) is 0 Å². The molecule has 1 fully saturated rings. The van der Waals surface area contributed by atoms with Crippen molar-refractivity contribution in [2.75, 3.05) is 0 Å². The fraction of sp³-hybridized carbons (Fsp3) is 0.800. The van der Waals surface area contributed by atoms with E-state index in [0.29, 0.717) is 12.8 Å². The van der Waals surface area contributed by atoms with Gasteiger partial charge in [0.05, 0.1) is 0 Å². The van der Waals surface area contributed by atoms with Gasteiger partial charge in [-0.2, -0.15) is 0 Å². The van der Waals surface area contributed by atoms with Crippen LogP contribution in [0, 0.1) is 5.89 Å². The lowest BCUT2D eigenvalue weighted by atomic mass is 10.3. The molecule has 0 atom stereocenters. The minimum atomic E-state index is -2.57. The number of rotatable bonds is 1. The van der Waals surface area contributed by atoms with Gasteiger partial charge in [0.15, 0.2) is 0 Å². The smallest absolute Gasteiger partial charge is 0.132 e. The summed E-state index contributed by atoms with van der Waals surface area (Å²) in [5, 5.41) is 0. The van der Waals surface area contributed by atoms with E-state index in [1.165, 1.54) is 0 Å². The van der Waals surface area contributed by atoms with Crippen molar-refractivity contribution in [3.63, 3.8) is 0 Å². The lowest BCUT2D eigenvalue weighted by molar-refractivity contribution is -0.118. The minimum absolute atomic E-state index is 0.407. The van der Waals surface area contributed by atoms with Crippen LogP contribution in [0.2, 0.25) is 0 Å². The highest BCUT2D eigenvalue weighted by molar-refractivity contribution is 5.80. The maximum atomic E-state index is 10.8.